The van der Waals surface area contributed by atoms with Crippen LogP contribution in [0.5, 0.6) is 0 Å². The molecule has 2 heterocycles. The number of aromatic amines is 2. The van der Waals surface area contributed by atoms with Crippen LogP contribution in [-0.2, 0) is 6.54 Å². The lowest BCUT2D eigenvalue weighted by Gasteiger charge is -1.99. The Morgan fingerprint density at radius 3 is 2.88 bits per heavy atom. The molecule has 0 aliphatic carbocycles. The topological polar surface area (TPSA) is 129 Å². The van der Waals surface area contributed by atoms with Gasteiger partial charge in [-0.25, -0.2) is 5.10 Å². The maximum Gasteiger partial charge on any atom is 0.272 e. The van der Waals surface area contributed by atoms with Crippen LogP contribution in [0.3, 0.4) is 0 Å². The SMILES string of the molecule is O=C(NCc1nn[nH]n1)c1ccc(=O)[nH]n1. The van der Waals surface area contributed by atoms with Crippen LogP contribution < -0.4 is 10.9 Å². The van der Waals surface area contributed by atoms with Crippen LogP contribution in [0, 0.1) is 0 Å². The van der Waals surface area contributed by atoms with Crippen molar-refractivity contribution in [3.8, 4) is 0 Å². The molecule has 0 spiro atoms. The molecule has 0 saturated heterocycles. The highest BCUT2D eigenvalue weighted by Crippen LogP contribution is 1.90. The summed E-state index contributed by atoms with van der Waals surface area (Å²) in [5.41, 5.74) is -0.252. The van der Waals surface area contributed by atoms with Crippen molar-refractivity contribution in [2.24, 2.45) is 0 Å². The molecule has 16 heavy (non-hydrogen) atoms. The van der Waals surface area contributed by atoms with Crippen molar-refractivity contribution in [1.82, 2.24) is 36.1 Å². The third-order valence-electron chi connectivity index (χ3n) is 1.71. The molecule has 0 aromatic carbocycles. The van der Waals surface area contributed by atoms with Gasteiger partial charge < -0.3 is 5.32 Å². The predicted molar refractivity (Wildman–Crippen MR) is 50.2 cm³/mol. The van der Waals surface area contributed by atoms with E-state index >= 15 is 0 Å². The zero-order valence-corrected chi connectivity index (χ0v) is 7.97. The standard InChI is InChI=1S/C7H7N7O2/c15-6-2-1-4(9-12-6)7(16)8-3-5-10-13-14-11-5/h1-2H,3H2,(H,8,16)(H,12,15)(H,10,11,13,14). The fraction of sp³-hybridized carbons (Fsp3) is 0.143. The Balaban J connectivity index is 1.98. The lowest BCUT2D eigenvalue weighted by molar-refractivity contribution is 0.0944. The molecule has 1 amide bonds. The molecule has 0 aliphatic heterocycles. The molecule has 0 fully saturated rings. The Morgan fingerprint density at radius 1 is 1.38 bits per heavy atom. The quantitative estimate of drug-likeness (QED) is 0.561. The Hall–Kier alpha value is -2.58. The molecule has 9 nitrogen and oxygen atoms in total. The van der Waals surface area contributed by atoms with Gasteiger partial charge in [0.15, 0.2) is 5.82 Å². The average molecular weight is 221 g/mol. The van der Waals surface area contributed by atoms with Gasteiger partial charge in [0.2, 0.25) is 0 Å². The third kappa shape index (κ3) is 2.26. The molecule has 2 aromatic heterocycles. The number of tetrazole rings is 1. The van der Waals surface area contributed by atoms with E-state index in [-0.39, 0.29) is 17.8 Å². The minimum Gasteiger partial charge on any atom is -0.343 e. The number of hydrogen-bond donors (Lipinski definition) is 3. The van der Waals surface area contributed by atoms with Crippen molar-refractivity contribution in [2.45, 2.75) is 6.54 Å². The van der Waals surface area contributed by atoms with Crippen molar-refractivity contribution in [2.75, 3.05) is 0 Å². The molecule has 0 unspecified atom stereocenters. The van der Waals surface area contributed by atoms with Crippen LogP contribution in [0.2, 0.25) is 0 Å². The Kier molecular flexibility index (Phi) is 2.67. The predicted octanol–water partition coefficient (Wildman–Crippen LogP) is -1.79. The van der Waals surface area contributed by atoms with E-state index in [0.29, 0.717) is 5.82 Å². The van der Waals surface area contributed by atoms with Gasteiger partial charge in [0.25, 0.3) is 11.5 Å². The van der Waals surface area contributed by atoms with E-state index in [0.717, 1.165) is 0 Å². The maximum atomic E-state index is 11.5. The van der Waals surface area contributed by atoms with Crippen LogP contribution in [0.25, 0.3) is 0 Å². The highest BCUT2D eigenvalue weighted by Gasteiger charge is 2.07. The molecule has 9 heteroatoms. The summed E-state index contributed by atoms with van der Waals surface area (Å²) in [6.45, 7) is 0.135. The smallest absolute Gasteiger partial charge is 0.272 e. The number of carbonyl (C=O) groups excluding carboxylic acids is 1. The first kappa shape index (κ1) is 9.96. The molecule has 82 valence electrons. The highest BCUT2D eigenvalue weighted by molar-refractivity contribution is 5.91. The second-order valence-electron chi connectivity index (χ2n) is 2.82. The Labute approximate surface area is 88.3 Å². The summed E-state index contributed by atoms with van der Waals surface area (Å²) in [6.07, 6.45) is 0. The number of rotatable bonds is 3. The number of nitrogens with one attached hydrogen (secondary N) is 3. The van der Waals surface area contributed by atoms with Gasteiger partial charge in [0, 0.05) is 6.07 Å². The van der Waals surface area contributed by atoms with E-state index in [1.54, 1.807) is 0 Å². The summed E-state index contributed by atoms with van der Waals surface area (Å²) in [6, 6.07) is 2.54. The number of carbonyl (C=O) groups is 1. The van der Waals surface area contributed by atoms with Crippen LogP contribution >= 0.6 is 0 Å². The van der Waals surface area contributed by atoms with Gasteiger partial charge in [-0.1, -0.05) is 5.21 Å². The summed E-state index contributed by atoms with van der Waals surface area (Å²) in [4.78, 5) is 22.2. The first-order valence-corrected chi connectivity index (χ1v) is 4.32. The summed E-state index contributed by atoms with van der Waals surface area (Å²) >= 11 is 0. The summed E-state index contributed by atoms with van der Waals surface area (Å²) < 4.78 is 0. The molecule has 2 aromatic rings. The van der Waals surface area contributed by atoms with Crippen molar-refractivity contribution >= 4 is 5.91 Å². The van der Waals surface area contributed by atoms with Gasteiger partial charge in [-0.05, 0) is 6.07 Å². The lowest BCUT2D eigenvalue weighted by Crippen LogP contribution is -2.25. The zero-order chi connectivity index (χ0) is 11.4. The molecule has 0 saturated carbocycles. The largest absolute Gasteiger partial charge is 0.343 e. The van der Waals surface area contributed by atoms with E-state index in [1.165, 1.54) is 12.1 Å². The normalized spacial score (nSPS) is 10.0. The number of amides is 1. The second-order valence-corrected chi connectivity index (χ2v) is 2.82. The minimum atomic E-state index is -0.430. The molecule has 3 N–H and O–H groups in total. The number of H-pyrrole nitrogens is 2. The second kappa shape index (κ2) is 4.29. The van der Waals surface area contributed by atoms with E-state index in [9.17, 15) is 9.59 Å². The molecule has 0 aliphatic rings. The van der Waals surface area contributed by atoms with E-state index < -0.39 is 5.91 Å². The summed E-state index contributed by atoms with van der Waals surface area (Å²) in [5.74, 6) is -0.0705. The minimum absolute atomic E-state index is 0.114. The Bertz CT molecular complexity index is 511. The highest BCUT2D eigenvalue weighted by atomic mass is 16.2. The molecule has 0 bridgehead atoms. The van der Waals surface area contributed by atoms with Gasteiger partial charge in [-0.2, -0.15) is 10.3 Å². The van der Waals surface area contributed by atoms with E-state index in [1.807, 2.05) is 0 Å². The number of nitrogens with zero attached hydrogens (tertiary/aromatic N) is 4. The van der Waals surface area contributed by atoms with Gasteiger partial charge in [-0.15, -0.1) is 10.2 Å². The van der Waals surface area contributed by atoms with E-state index in [4.69, 9.17) is 0 Å². The van der Waals surface area contributed by atoms with Crippen LogP contribution in [-0.4, -0.2) is 36.7 Å². The third-order valence-corrected chi connectivity index (χ3v) is 1.71. The van der Waals surface area contributed by atoms with Gasteiger partial charge in [0.05, 0.1) is 6.54 Å². The van der Waals surface area contributed by atoms with Crippen LogP contribution in [0.15, 0.2) is 16.9 Å². The van der Waals surface area contributed by atoms with E-state index in [2.05, 4.69) is 36.1 Å². The van der Waals surface area contributed by atoms with Gasteiger partial charge in [-0.3, -0.25) is 9.59 Å². The van der Waals surface area contributed by atoms with Crippen molar-refractivity contribution in [3.05, 3.63) is 34.0 Å². The molecule has 0 atom stereocenters. The monoisotopic (exact) mass is 221 g/mol. The van der Waals surface area contributed by atoms with Crippen molar-refractivity contribution in [3.63, 3.8) is 0 Å². The fourth-order valence-electron chi connectivity index (χ4n) is 0.978. The van der Waals surface area contributed by atoms with Gasteiger partial charge in [0.1, 0.15) is 5.69 Å². The van der Waals surface area contributed by atoms with Crippen molar-refractivity contribution in [1.29, 1.82) is 0 Å². The molecule has 0 radical (unpaired) electrons. The number of aromatic nitrogens is 6. The fourth-order valence-corrected chi connectivity index (χ4v) is 0.978. The summed E-state index contributed by atoms with van der Waals surface area (Å²) in [7, 11) is 0. The Morgan fingerprint density at radius 2 is 2.25 bits per heavy atom. The van der Waals surface area contributed by atoms with Crippen LogP contribution in [0.4, 0.5) is 0 Å². The number of hydrogen-bond acceptors (Lipinski definition) is 6. The first-order chi connectivity index (χ1) is 7.75. The van der Waals surface area contributed by atoms with Crippen molar-refractivity contribution < 1.29 is 4.79 Å². The molecular weight excluding hydrogens is 214 g/mol. The average Bonchev–Trinajstić information content (AvgIpc) is 2.80. The van der Waals surface area contributed by atoms with Crippen LogP contribution in [0.1, 0.15) is 16.3 Å². The lowest BCUT2D eigenvalue weighted by atomic mass is 10.3. The maximum absolute atomic E-state index is 11.5. The molecular formula is C7H7N7O2. The van der Waals surface area contributed by atoms with Gasteiger partial charge >= 0.3 is 0 Å². The summed E-state index contributed by atoms with van der Waals surface area (Å²) in [5, 5.41) is 21.1. The first-order valence-electron chi connectivity index (χ1n) is 4.32. The molecule has 2 rings (SSSR count). The zero-order valence-electron chi connectivity index (χ0n) is 7.97.